The predicted molar refractivity (Wildman–Crippen MR) is 76.6 cm³/mol. The van der Waals surface area contributed by atoms with Gasteiger partial charge in [-0.25, -0.2) is 0 Å². The maximum Gasteiger partial charge on any atom is 0.251 e. The first kappa shape index (κ1) is 13.9. The maximum atomic E-state index is 12.2. The van der Waals surface area contributed by atoms with Gasteiger partial charge in [0.1, 0.15) is 0 Å². The number of carbonyl (C=O) groups excluding carboxylic acids is 1. The minimum Gasteiger partial charge on any atom is -0.388 e. The van der Waals surface area contributed by atoms with Gasteiger partial charge >= 0.3 is 0 Å². The summed E-state index contributed by atoms with van der Waals surface area (Å²) in [5.74, 6) is 0.423. The summed E-state index contributed by atoms with van der Waals surface area (Å²) in [5.41, 5.74) is 2.84. The number of hydrogen-bond donors (Lipinski definition) is 2. The highest BCUT2D eigenvalue weighted by atomic mass is 16.5. The second-order valence-corrected chi connectivity index (χ2v) is 5.17. The van der Waals surface area contributed by atoms with E-state index in [9.17, 15) is 4.79 Å². The highest BCUT2D eigenvalue weighted by Crippen LogP contribution is 2.18. The van der Waals surface area contributed by atoms with Gasteiger partial charge in [-0.15, -0.1) is 0 Å². The SMILES string of the molecule is CNc1ccc(C(=O)NC(C)C2CCOC2)cc1C. The summed E-state index contributed by atoms with van der Waals surface area (Å²) in [4.78, 5) is 12.2. The van der Waals surface area contributed by atoms with Crippen molar-refractivity contribution in [3.63, 3.8) is 0 Å². The van der Waals surface area contributed by atoms with Crippen LogP contribution in [0.4, 0.5) is 5.69 Å². The number of hydrogen-bond acceptors (Lipinski definition) is 3. The summed E-state index contributed by atoms with van der Waals surface area (Å²) < 4.78 is 5.36. The van der Waals surface area contributed by atoms with Gasteiger partial charge in [-0.1, -0.05) is 0 Å². The van der Waals surface area contributed by atoms with Crippen LogP contribution in [-0.2, 0) is 4.74 Å². The van der Waals surface area contributed by atoms with E-state index in [0.29, 0.717) is 11.5 Å². The number of ether oxygens (including phenoxy) is 1. The van der Waals surface area contributed by atoms with Crippen molar-refractivity contribution in [2.24, 2.45) is 5.92 Å². The van der Waals surface area contributed by atoms with E-state index in [2.05, 4.69) is 10.6 Å². The molecule has 19 heavy (non-hydrogen) atoms. The fraction of sp³-hybridized carbons (Fsp3) is 0.533. The Kier molecular flexibility index (Phi) is 4.43. The van der Waals surface area contributed by atoms with Crippen molar-refractivity contribution >= 4 is 11.6 Å². The molecule has 0 aliphatic carbocycles. The lowest BCUT2D eigenvalue weighted by Gasteiger charge is -2.19. The smallest absolute Gasteiger partial charge is 0.251 e. The van der Waals surface area contributed by atoms with Gasteiger partial charge in [-0.2, -0.15) is 0 Å². The molecule has 4 nitrogen and oxygen atoms in total. The first-order valence-electron chi connectivity index (χ1n) is 6.79. The highest BCUT2D eigenvalue weighted by molar-refractivity contribution is 5.95. The van der Waals surface area contributed by atoms with E-state index in [4.69, 9.17) is 4.74 Å². The van der Waals surface area contributed by atoms with E-state index >= 15 is 0 Å². The lowest BCUT2D eigenvalue weighted by Crippen LogP contribution is -2.38. The zero-order chi connectivity index (χ0) is 13.8. The molecule has 2 rings (SSSR count). The molecule has 2 N–H and O–H groups in total. The third-order valence-corrected chi connectivity index (χ3v) is 3.79. The number of benzene rings is 1. The zero-order valence-electron chi connectivity index (χ0n) is 11.8. The van der Waals surface area contributed by atoms with Crippen LogP contribution < -0.4 is 10.6 Å². The van der Waals surface area contributed by atoms with Crippen LogP contribution >= 0.6 is 0 Å². The minimum absolute atomic E-state index is 0.00912. The first-order chi connectivity index (χ1) is 9.11. The van der Waals surface area contributed by atoms with E-state index in [1.807, 2.05) is 39.1 Å². The monoisotopic (exact) mass is 262 g/mol. The number of nitrogens with one attached hydrogen (secondary N) is 2. The molecule has 0 radical (unpaired) electrons. The van der Waals surface area contributed by atoms with Gasteiger partial charge in [0.15, 0.2) is 0 Å². The largest absolute Gasteiger partial charge is 0.388 e. The van der Waals surface area contributed by atoms with Crippen LogP contribution in [0.1, 0.15) is 29.3 Å². The number of carbonyl (C=O) groups is 1. The fourth-order valence-corrected chi connectivity index (χ4v) is 2.44. The Bertz CT molecular complexity index is 453. The van der Waals surface area contributed by atoms with Crippen LogP contribution in [0.3, 0.4) is 0 Å². The zero-order valence-corrected chi connectivity index (χ0v) is 11.8. The molecule has 0 saturated carbocycles. The molecule has 0 bridgehead atoms. The van der Waals surface area contributed by atoms with Crippen molar-refractivity contribution < 1.29 is 9.53 Å². The van der Waals surface area contributed by atoms with Crippen molar-refractivity contribution in [1.29, 1.82) is 0 Å². The normalized spacial score (nSPS) is 20.1. The third kappa shape index (κ3) is 3.26. The summed E-state index contributed by atoms with van der Waals surface area (Å²) in [6.45, 7) is 5.60. The van der Waals surface area contributed by atoms with Gasteiger partial charge in [0.25, 0.3) is 5.91 Å². The molecule has 4 heteroatoms. The lowest BCUT2D eigenvalue weighted by atomic mass is 10.00. The summed E-state index contributed by atoms with van der Waals surface area (Å²) in [7, 11) is 1.88. The van der Waals surface area contributed by atoms with Gasteiger partial charge in [0.05, 0.1) is 6.61 Å². The van der Waals surface area contributed by atoms with Gasteiger partial charge in [-0.05, 0) is 44.0 Å². The molecular formula is C15H22N2O2. The Morgan fingerprint density at radius 2 is 2.26 bits per heavy atom. The van der Waals surface area contributed by atoms with Crippen LogP contribution in [0.5, 0.6) is 0 Å². The molecule has 1 aromatic carbocycles. The first-order valence-corrected chi connectivity index (χ1v) is 6.79. The molecule has 104 valence electrons. The Balaban J connectivity index is 2.01. The van der Waals surface area contributed by atoms with Gasteiger partial charge in [0.2, 0.25) is 0 Å². The average molecular weight is 262 g/mol. The number of anilines is 1. The molecule has 2 unspecified atom stereocenters. The standard InChI is InChI=1S/C15H22N2O2/c1-10-8-12(4-5-14(10)16-3)15(18)17-11(2)13-6-7-19-9-13/h4-5,8,11,13,16H,6-7,9H2,1-3H3,(H,17,18). The molecule has 1 saturated heterocycles. The Hall–Kier alpha value is -1.55. The fourth-order valence-electron chi connectivity index (χ4n) is 2.44. The maximum absolute atomic E-state index is 12.2. The predicted octanol–water partition coefficient (Wildman–Crippen LogP) is 2.19. The molecule has 1 heterocycles. The van der Waals surface area contributed by atoms with Crippen molar-refractivity contribution in [3.8, 4) is 0 Å². The quantitative estimate of drug-likeness (QED) is 0.874. The summed E-state index contributed by atoms with van der Waals surface area (Å²) in [6.07, 6.45) is 1.03. The molecule has 2 atom stereocenters. The van der Waals surface area contributed by atoms with Crippen LogP contribution in [0, 0.1) is 12.8 Å². The molecule has 1 aliphatic heterocycles. The average Bonchev–Trinajstić information content (AvgIpc) is 2.92. The summed E-state index contributed by atoms with van der Waals surface area (Å²) >= 11 is 0. The summed E-state index contributed by atoms with van der Waals surface area (Å²) in [5, 5.41) is 6.16. The molecule has 1 amide bonds. The molecule has 0 aromatic heterocycles. The van der Waals surface area contributed by atoms with Crippen molar-refractivity contribution in [3.05, 3.63) is 29.3 Å². The van der Waals surface area contributed by atoms with E-state index in [-0.39, 0.29) is 11.9 Å². The van der Waals surface area contributed by atoms with E-state index in [1.165, 1.54) is 0 Å². The topological polar surface area (TPSA) is 50.4 Å². The number of aryl methyl sites for hydroxylation is 1. The molecular weight excluding hydrogens is 240 g/mol. The van der Waals surface area contributed by atoms with Crippen LogP contribution in [0.15, 0.2) is 18.2 Å². The second kappa shape index (κ2) is 6.06. The highest BCUT2D eigenvalue weighted by Gasteiger charge is 2.23. The van der Waals surface area contributed by atoms with Gasteiger partial charge < -0.3 is 15.4 Å². The Morgan fingerprint density at radius 1 is 1.47 bits per heavy atom. The molecule has 1 aromatic rings. The van der Waals surface area contributed by atoms with Crippen LogP contribution in [0.25, 0.3) is 0 Å². The number of amides is 1. The van der Waals surface area contributed by atoms with Crippen molar-refractivity contribution in [1.82, 2.24) is 5.32 Å². The van der Waals surface area contributed by atoms with E-state index < -0.39 is 0 Å². The molecule has 0 spiro atoms. The van der Waals surface area contributed by atoms with E-state index in [1.54, 1.807) is 0 Å². The number of rotatable bonds is 4. The van der Waals surface area contributed by atoms with Crippen molar-refractivity contribution in [2.75, 3.05) is 25.6 Å². The summed E-state index contributed by atoms with van der Waals surface area (Å²) in [6, 6.07) is 5.86. The minimum atomic E-state index is -0.00912. The molecule has 1 fully saturated rings. The van der Waals surface area contributed by atoms with Gasteiger partial charge in [-0.3, -0.25) is 4.79 Å². The van der Waals surface area contributed by atoms with Crippen LogP contribution in [-0.4, -0.2) is 32.2 Å². The van der Waals surface area contributed by atoms with Crippen molar-refractivity contribution in [2.45, 2.75) is 26.3 Å². The second-order valence-electron chi connectivity index (χ2n) is 5.17. The molecule has 1 aliphatic rings. The Morgan fingerprint density at radius 3 is 2.84 bits per heavy atom. The Labute approximate surface area is 114 Å². The van der Waals surface area contributed by atoms with Crippen LogP contribution in [0.2, 0.25) is 0 Å². The third-order valence-electron chi connectivity index (χ3n) is 3.79. The lowest BCUT2D eigenvalue weighted by molar-refractivity contribution is 0.0922. The van der Waals surface area contributed by atoms with Gasteiger partial charge in [0, 0.05) is 36.9 Å². The van der Waals surface area contributed by atoms with E-state index in [0.717, 1.165) is 30.9 Å².